The molecular weight excluding hydrogens is 416 g/mol. The highest BCUT2D eigenvalue weighted by Crippen LogP contribution is 2.29. The summed E-state index contributed by atoms with van der Waals surface area (Å²) in [5.74, 6) is -0.119. The Morgan fingerprint density at radius 3 is 2.16 bits per heavy atom. The number of carbonyl (C=O) groups excluding carboxylic acids is 1. The van der Waals surface area contributed by atoms with Crippen molar-refractivity contribution < 1.29 is 54.4 Å². The standard InChI is InChI=1S/C20H28O11/c1-8-4-3-5-10(13(8)9(2)22)29-20-18(27)16(25)15(24)12(31-20)7-28-19-17(26)14(23)11(6-21)30-19/h3-5,11-12,14-21,23-27H,6-7H2,1-2H3/t11-,12+,14-,15+,16-,17+,18+,19-,20+/m0/s1. The number of Topliss-reactive ketones (excluding diaryl/α,β-unsaturated/α-hetero) is 1. The average molecular weight is 444 g/mol. The van der Waals surface area contributed by atoms with E-state index in [-0.39, 0.29) is 11.5 Å². The molecule has 2 fully saturated rings. The summed E-state index contributed by atoms with van der Waals surface area (Å²) in [5.41, 5.74) is 0.943. The molecule has 0 saturated carbocycles. The quantitative estimate of drug-likeness (QED) is 0.253. The molecule has 6 N–H and O–H groups in total. The molecule has 3 rings (SSSR count). The molecule has 1 aromatic carbocycles. The monoisotopic (exact) mass is 444 g/mol. The number of aliphatic hydroxyl groups excluding tert-OH is 6. The highest BCUT2D eigenvalue weighted by Gasteiger charge is 2.47. The van der Waals surface area contributed by atoms with Gasteiger partial charge in [0.25, 0.3) is 0 Å². The Bertz CT molecular complexity index is 771. The van der Waals surface area contributed by atoms with Gasteiger partial charge in [0.2, 0.25) is 6.29 Å². The maximum atomic E-state index is 12.0. The largest absolute Gasteiger partial charge is 0.461 e. The Morgan fingerprint density at radius 2 is 1.55 bits per heavy atom. The zero-order valence-corrected chi connectivity index (χ0v) is 17.1. The molecule has 9 atom stereocenters. The number of rotatable bonds is 7. The second-order valence-corrected chi connectivity index (χ2v) is 7.68. The minimum absolute atomic E-state index is 0.142. The van der Waals surface area contributed by atoms with E-state index < -0.39 is 68.5 Å². The maximum Gasteiger partial charge on any atom is 0.229 e. The van der Waals surface area contributed by atoms with Crippen LogP contribution in [0, 0.1) is 6.92 Å². The fourth-order valence-electron chi connectivity index (χ4n) is 3.66. The Labute approximate surface area is 178 Å². The molecule has 0 aromatic heterocycles. The predicted octanol–water partition coefficient (Wildman–Crippen LogP) is -2.16. The van der Waals surface area contributed by atoms with Crippen molar-refractivity contribution in [1.82, 2.24) is 0 Å². The zero-order chi connectivity index (χ0) is 22.9. The highest BCUT2D eigenvalue weighted by atomic mass is 16.7. The van der Waals surface area contributed by atoms with Gasteiger partial charge in [-0.15, -0.1) is 0 Å². The molecule has 2 aliphatic heterocycles. The van der Waals surface area contributed by atoms with Gasteiger partial charge < -0.3 is 49.6 Å². The molecule has 2 saturated heterocycles. The van der Waals surface area contributed by atoms with E-state index in [1.165, 1.54) is 13.0 Å². The zero-order valence-electron chi connectivity index (χ0n) is 17.1. The van der Waals surface area contributed by atoms with Crippen LogP contribution < -0.4 is 4.74 Å². The lowest BCUT2D eigenvalue weighted by Gasteiger charge is -2.40. The van der Waals surface area contributed by atoms with Crippen LogP contribution in [0.15, 0.2) is 18.2 Å². The number of hydrogen-bond acceptors (Lipinski definition) is 11. The number of hydrogen-bond donors (Lipinski definition) is 6. The van der Waals surface area contributed by atoms with Gasteiger partial charge in [0.05, 0.1) is 18.8 Å². The first-order valence-corrected chi connectivity index (χ1v) is 9.86. The van der Waals surface area contributed by atoms with E-state index in [9.17, 15) is 30.3 Å². The van der Waals surface area contributed by atoms with Crippen molar-refractivity contribution in [2.24, 2.45) is 0 Å². The van der Waals surface area contributed by atoms with Gasteiger partial charge in [-0.1, -0.05) is 12.1 Å². The summed E-state index contributed by atoms with van der Waals surface area (Å²) in [5, 5.41) is 59.6. The number of carbonyl (C=O) groups is 1. The molecule has 2 aliphatic rings. The van der Waals surface area contributed by atoms with Crippen molar-refractivity contribution in [3.63, 3.8) is 0 Å². The van der Waals surface area contributed by atoms with Crippen molar-refractivity contribution in [3.8, 4) is 5.75 Å². The van der Waals surface area contributed by atoms with Crippen LogP contribution in [0.2, 0.25) is 0 Å². The number of aliphatic hydroxyl groups is 6. The maximum absolute atomic E-state index is 12.0. The fraction of sp³-hybridized carbons (Fsp3) is 0.650. The second kappa shape index (κ2) is 9.86. The molecule has 1 aromatic rings. The predicted molar refractivity (Wildman–Crippen MR) is 102 cm³/mol. The molecule has 31 heavy (non-hydrogen) atoms. The van der Waals surface area contributed by atoms with Crippen LogP contribution in [0.4, 0.5) is 0 Å². The Kier molecular flexibility index (Phi) is 7.63. The van der Waals surface area contributed by atoms with Crippen LogP contribution >= 0.6 is 0 Å². The Hall–Kier alpha value is -1.67. The molecular formula is C20H28O11. The number of benzene rings is 1. The van der Waals surface area contributed by atoms with E-state index in [1.54, 1.807) is 19.1 Å². The summed E-state index contributed by atoms with van der Waals surface area (Å²) in [6.07, 6.45) is -12.6. The van der Waals surface area contributed by atoms with E-state index in [4.69, 9.17) is 24.1 Å². The van der Waals surface area contributed by atoms with Gasteiger partial charge in [-0.25, -0.2) is 0 Å². The first-order valence-electron chi connectivity index (χ1n) is 9.86. The normalized spacial score (nSPS) is 38.3. The van der Waals surface area contributed by atoms with E-state index in [2.05, 4.69) is 0 Å². The van der Waals surface area contributed by atoms with Gasteiger partial charge in [0, 0.05) is 0 Å². The highest BCUT2D eigenvalue weighted by molar-refractivity contribution is 5.98. The van der Waals surface area contributed by atoms with Crippen LogP contribution in [0.3, 0.4) is 0 Å². The lowest BCUT2D eigenvalue weighted by atomic mass is 9.99. The van der Waals surface area contributed by atoms with E-state index in [0.717, 1.165) is 0 Å². The van der Waals surface area contributed by atoms with Crippen molar-refractivity contribution >= 4 is 5.78 Å². The van der Waals surface area contributed by atoms with Gasteiger partial charge in [-0.05, 0) is 25.5 Å². The lowest BCUT2D eigenvalue weighted by Crippen LogP contribution is -2.60. The van der Waals surface area contributed by atoms with Crippen molar-refractivity contribution in [2.75, 3.05) is 13.2 Å². The van der Waals surface area contributed by atoms with Crippen molar-refractivity contribution in [1.29, 1.82) is 0 Å². The van der Waals surface area contributed by atoms with Gasteiger partial charge >= 0.3 is 0 Å². The molecule has 0 unspecified atom stereocenters. The van der Waals surface area contributed by atoms with Gasteiger partial charge in [0.15, 0.2) is 12.1 Å². The molecule has 2 heterocycles. The van der Waals surface area contributed by atoms with Crippen molar-refractivity contribution in [2.45, 2.75) is 69.2 Å². The molecule has 0 bridgehead atoms. The number of aryl methyl sites for hydroxylation is 1. The molecule has 174 valence electrons. The molecule has 11 heteroatoms. The topological polar surface area (TPSA) is 175 Å². The van der Waals surface area contributed by atoms with Crippen LogP contribution in [0.5, 0.6) is 5.75 Å². The van der Waals surface area contributed by atoms with E-state index in [0.29, 0.717) is 11.1 Å². The van der Waals surface area contributed by atoms with Gasteiger partial charge in [-0.2, -0.15) is 0 Å². The fourth-order valence-corrected chi connectivity index (χ4v) is 3.66. The third kappa shape index (κ3) is 4.90. The SMILES string of the molecule is CC(=O)c1c(C)cccc1O[C@@H]1O[C@H](CO[C@H]2O[C@@H](CO)[C@H](O)[C@H]2O)[C@@H](O)[C@H](O)[C@H]1O. The average Bonchev–Trinajstić information content (AvgIpc) is 3.00. The molecule has 0 radical (unpaired) electrons. The van der Waals surface area contributed by atoms with Crippen molar-refractivity contribution in [3.05, 3.63) is 29.3 Å². The molecule has 0 amide bonds. The van der Waals surface area contributed by atoms with Crippen LogP contribution in [0.25, 0.3) is 0 Å². The molecule has 0 spiro atoms. The number of ether oxygens (including phenoxy) is 4. The lowest BCUT2D eigenvalue weighted by molar-refractivity contribution is -0.290. The van der Waals surface area contributed by atoms with Crippen LogP contribution in [0.1, 0.15) is 22.8 Å². The Balaban J connectivity index is 1.70. The summed E-state index contributed by atoms with van der Waals surface area (Å²) in [4.78, 5) is 12.0. The third-order valence-corrected chi connectivity index (χ3v) is 5.42. The third-order valence-electron chi connectivity index (χ3n) is 5.42. The summed E-state index contributed by atoms with van der Waals surface area (Å²) in [6.45, 7) is 2.16. The summed E-state index contributed by atoms with van der Waals surface area (Å²) >= 11 is 0. The smallest absolute Gasteiger partial charge is 0.229 e. The summed E-state index contributed by atoms with van der Waals surface area (Å²) in [6, 6.07) is 4.89. The van der Waals surface area contributed by atoms with Crippen LogP contribution in [-0.4, -0.2) is 105 Å². The summed E-state index contributed by atoms with van der Waals surface area (Å²) < 4.78 is 21.8. The molecule has 11 nitrogen and oxygen atoms in total. The van der Waals surface area contributed by atoms with E-state index in [1.807, 2.05) is 0 Å². The second-order valence-electron chi connectivity index (χ2n) is 7.68. The minimum atomic E-state index is -1.65. The summed E-state index contributed by atoms with van der Waals surface area (Å²) in [7, 11) is 0. The first kappa shape index (κ1) is 24.0. The van der Waals surface area contributed by atoms with Gasteiger partial charge in [-0.3, -0.25) is 4.79 Å². The Morgan fingerprint density at radius 1 is 0.935 bits per heavy atom. The molecule has 0 aliphatic carbocycles. The first-order chi connectivity index (χ1) is 14.6. The van der Waals surface area contributed by atoms with Crippen LogP contribution in [-0.2, 0) is 14.2 Å². The van der Waals surface area contributed by atoms with E-state index >= 15 is 0 Å². The number of ketones is 1. The minimum Gasteiger partial charge on any atom is -0.461 e. The van der Waals surface area contributed by atoms with Gasteiger partial charge in [0.1, 0.15) is 48.5 Å².